The van der Waals surface area contributed by atoms with Crippen molar-refractivity contribution in [2.45, 2.75) is 25.9 Å². The van der Waals surface area contributed by atoms with Gasteiger partial charge >= 0.3 is 0 Å². The molecule has 1 aromatic heterocycles. The Balaban J connectivity index is 1.58. The van der Waals surface area contributed by atoms with Crippen LogP contribution in [-0.4, -0.2) is 11.9 Å². The smallest absolute Gasteiger partial charge is 0.243 e. The van der Waals surface area contributed by atoms with Crippen molar-refractivity contribution in [2.24, 2.45) is 0 Å². The number of hydrogen-bond donors (Lipinski definition) is 2. The van der Waals surface area contributed by atoms with Gasteiger partial charge in [-0.15, -0.1) is 0 Å². The van der Waals surface area contributed by atoms with Crippen LogP contribution in [0.15, 0.2) is 40.8 Å². The highest BCUT2D eigenvalue weighted by molar-refractivity contribution is 5.87. The Morgan fingerprint density at radius 3 is 2.95 bits per heavy atom. The van der Waals surface area contributed by atoms with Gasteiger partial charge in [0.2, 0.25) is 5.91 Å². The number of rotatable bonds is 3. The van der Waals surface area contributed by atoms with Crippen LogP contribution in [0.25, 0.3) is 0 Å². The van der Waals surface area contributed by atoms with Gasteiger partial charge in [0.15, 0.2) is 0 Å². The lowest BCUT2D eigenvalue weighted by Gasteiger charge is -2.11. The predicted octanol–water partition coefficient (Wildman–Crippen LogP) is 2.24. The minimum absolute atomic E-state index is 0.00486. The molecule has 1 aliphatic heterocycles. The molecule has 0 unspecified atom stereocenters. The van der Waals surface area contributed by atoms with E-state index in [1.54, 1.807) is 0 Å². The van der Waals surface area contributed by atoms with Gasteiger partial charge in [-0.3, -0.25) is 4.79 Å². The van der Waals surface area contributed by atoms with E-state index in [0.29, 0.717) is 6.54 Å². The molecule has 2 aromatic rings. The van der Waals surface area contributed by atoms with E-state index in [1.807, 2.05) is 43.3 Å². The summed E-state index contributed by atoms with van der Waals surface area (Å²) in [4.78, 5) is 12.1. The molecular weight excluding hydrogens is 240 g/mol. The van der Waals surface area contributed by atoms with E-state index >= 15 is 0 Å². The van der Waals surface area contributed by atoms with Gasteiger partial charge in [0.05, 0.1) is 6.54 Å². The summed E-state index contributed by atoms with van der Waals surface area (Å²) in [6.45, 7) is 2.32. The maximum Gasteiger partial charge on any atom is 0.243 e. The maximum atomic E-state index is 12.1. The highest BCUT2D eigenvalue weighted by atomic mass is 16.3. The summed E-state index contributed by atoms with van der Waals surface area (Å²) in [5.74, 6) is 1.64. The maximum absolute atomic E-state index is 12.1. The number of amides is 1. The zero-order valence-corrected chi connectivity index (χ0v) is 10.8. The molecule has 1 amide bonds. The summed E-state index contributed by atoms with van der Waals surface area (Å²) in [6, 6.07) is 11.6. The standard InChI is InChI=1S/C15H16N2O2/c1-10-6-7-12(19-10)9-16-15(18)14-8-11-4-2-3-5-13(11)17-14/h2-7,14,17H,8-9H2,1H3,(H,16,18)/t14-/m0/s1. The molecule has 1 aromatic carbocycles. The molecule has 0 spiro atoms. The van der Waals surface area contributed by atoms with Crippen LogP contribution in [-0.2, 0) is 17.8 Å². The molecule has 0 bridgehead atoms. The Kier molecular flexibility index (Phi) is 2.99. The molecular formula is C15H16N2O2. The van der Waals surface area contributed by atoms with Crippen molar-refractivity contribution < 1.29 is 9.21 Å². The molecule has 0 saturated heterocycles. The highest BCUT2D eigenvalue weighted by Crippen LogP contribution is 2.25. The lowest BCUT2D eigenvalue weighted by Crippen LogP contribution is -2.37. The third-order valence-electron chi connectivity index (χ3n) is 3.32. The SMILES string of the molecule is Cc1ccc(CNC(=O)[C@@H]2Cc3ccccc3N2)o1. The van der Waals surface area contributed by atoms with Gasteiger partial charge in [0.25, 0.3) is 0 Å². The first-order valence-corrected chi connectivity index (χ1v) is 6.40. The molecule has 1 aliphatic rings. The first-order chi connectivity index (χ1) is 9.22. The van der Waals surface area contributed by atoms with Crippen molar-refractivity contribution in [2.75, 3.05) is 5.32 Å². The molecule has 0 radical (unpaired) electrons. The number of anilines is 1. The van der Waals surface area contributed by atoms with E-state index in [9.17, 15) is 4.79 Å². The van der Waals surface area contributed by atoms with Gasteiger partial charge in [0.1, 0.15) is 17.6 Å². The number of nitrogens with one attached hydrogen (secondary N) is 2. The van der Waals surface area contributed by atoms with Gasteiger partial charge in [-0.05, 0) is 30.7 Å². The van der Waals surface area contributed by atoms with Crippen LogP contribution in [0.3, 0.4) is 0 Å². The predicted molar refractivity (Wildman–Crippen MR) is 72.8 cm³/mol. The Labute approximate surface area is 111 Å². The van der Waals surface area contributed by atoms with Crippen LogP contribution in [0.2, 0.25) is 0 Å². The number of furan rings is 1. The van der Waals surface area contributed by atoms with Gasteiger partial charge in [-0.25, -0.2) is 0 Å². The van der Waals surface area contributed by atoms with Gasteiger partial charge in [0, 0.05) is 12.1 Å². The number of aryl methyl sites for hydroxylation is 1. The third kappa shape index (κ3) is 2.47. The fraction of sp³-hybridized carbons (Fsp3) is 0.267. The second kappa shape index (κ2) is 4.80. The third-order valence-corrected chi connectivity index (χ3v) is 3.32. The number of fused-ring (bicyclic) bond motifs is 1. The van der Waals surface area contributed by atoms with E-state index in [4.69, 9.17) is 4.42 Å². The minimum Gasteiger partial charge on any atom is -0.465 e. The minimum atomic E-state index is -0.187. The molecule has 19 heavy (non-hydrogen) atoms. The van der Waals surface area contributed by atoms with Crippen molar-refractivity contribution >= 4 is 11.6 Å². The summed E-state index contributed by atoms with van der Waals surface area (Å²) in [6.07, 6.45) is 0.735. The average Bonchev–Trinajstić information content (AvgIpc) is 3.01. The monoisotopic (exact) mass is 256 g/mol. The van der Waals surface area contributed by atoms with E-state index in [1.165, 1.54) is 5.56 Å². The lowest BCUT2D eigenvalue weighted by atomic mass is 10.1. The normalized spacial score (nSPS) is 16.8. The summed E-state index contributed by atoms with van der Waals surface area (Å²) in [5, 5.41) is 6.13. The topological polar surface area (TPSA) is 54.3 Å². The summed E-state index contributed by atoms with van der Waals surface area (Å²) in [7, 11) is 0. The molecule has 4 nitrogen and oxygen atoms in total. The molecule has 0 fully saturated rings. The number of carbonyl (C=O) groups excluding carboxylic acids is 1. The molecule has 3 rings (SSSR count). The Bertz CT molecular complexity index is 579. The Morgan fingerprint density at radius 2 is 2.21 bits per heavy atom. The summed E-state index contributed by atoms with van der Waals surface area (Å²) in [5.41, 5.74) is 2.24. The quantitative estimate of drug-likeness (QED) is 0.885. The van der Waals surface area contributed by atoms with E-state index < -0.39 is 0 Å². The second-order valence-corrected chi connectivity index (χ2v) is 4.79. The molecule has 2 N–H and O–H groups in total. The van der Waals surface area contributed by atoms with Crippen LogP contribution in [0.5, 0.6) is 0 Å². The zero-order chi connectivity index (χ0) is 13.2. The van der Waals surface area contributed by atoms with Gasteiger partial charge in [-0.2, -0.15) is 0 Å². The van der Waals surface area contributed by atoms with Crippen molar-refractivity contribution in [3.8, 4) is 0 Å². The van der Waals surface area contributed by atoms with Crippen LogP contribution < -0.4 is 10.6 Å². The lowest BCUT2D eigenvalue weighted by molar-refractivity contribution is -0.121. The van der Waals surface area contributed by atoms with Crippen LogP contribution in [0.4, 0.5) is 5.69 Å². The number of para-hydroxylation sites is 1. The van der Waals surface area contributed by atoms with Crippen LogP contribution in [0, 0.1) is 6.92 Å². The molecule has 2 heterocycles. The van der Waals surface area contributed by atoms with Crippen molar-refractivity contribution in [1.29, 1.82) is 0 Å². The summed E-state index contributed by atoms with van der Waals surface area (Å²) >= 11 is 0. The zero-order valence-electron chi connectivity index (χ0n) is 10.8. The van der Waals surface area contributed by atoms with Crippen LogP contribution in [0.1, 0.15) is 17.1 Å². The molecule has 4 heteroatoms. The number of hydrogen-bond acceptors (Lipinski definition) is 3. The van der Waals surface area contributed by atoms with Gasteiger partial charge in [-0.1, -0.05) is 18.2 Å². The fourth-order valence-corrected chi connectivity index (χ4v) is 2.33. The Morgan fingerprint density at radius 1 is 1.37 bits per heavy atom. The number of benzene rings is 1. The average molecular weight is 256 g/mol. The van der Waals surface area contributed by atoms with E-state index in [2.05, 4.69) is 10.6 Å². The van der Waals surface area contributed by atoms with Crippen molar-refractivity contribution in [1.82, 2.24) is 5.32 Å². The largest absolute Gasteiger partial charge is 0.465 e. The first-order valence-electron chi connectivity index (χ1n) is 6.40. The second-order valence-electron chi connectivity index (χ2n) is 4.79. The molecule has 0 saturated carbocycles. The highest BCUT2D eigenvalue weighted by Gasteiger charge is 2.25. The van der Waals surface area contributed by atoms with Crippen LogP contribution >= 0.6 is 0 Å². The molecule has 1 atom stereocenters. The number of carbonyl (C=O) groups is 1. The first kappa shape index (κ1) is 11.8. The molecule has 98 valence electrons. The summed E-state index contributed by atoms with van der Waals surface area (Å²) < 4.78 is 5.42. The Hall–Kier alpha value is -2.23. The van der Waals surface area contributed by atoms with E-state index in [-0.39, 0.29) is 11.9 Å². The van der Waals surface area contributed by atoms with Gasteiger partial charge < -0.3 is 15.1 Å². The van der Waals surface area contributed by atoms with Crippen molar-refractivity contribution in [3.63, 3.8) is 0 Å². The van der Waals surface area contributed by atoms with Crippen molar-refractivity contribution in [3.05, 3.63) is 53.5 Å². The molecule has 0 aliphatic carbocycles. The van der Waals surface area contributed by atoms with E-state index in [0.717, 1.165) is 23.6 Å². The fourth-order valence-electron chi connectivity index (χ4n) is 2.33.